The molecule has 2 aromatic rings. The normalized spacial score (nSPS) is 26.4. The number of benzene rings is 2. The average Bonchev–Trinajstić information content (AvgIpc) is 3.18. The van der Waals surface area contributed by atoms with Gasteiger partial charge in [0, 0.05) is 54.0 Å². The van der Waals surface area contributed by atoms with Crippen LogP contribution in [0.25, 0.3) is 0 Å². The van der Waals surface area contributed by atoms with E-state index in [1.54, 1.807) is 43.9 Å². The van der Waals surface area contributed by atoms with Gasteiger partial charge in [-0.15, -0.1) is 0 Å². The molecule has 5 atom stereocenters. The number of nitrogens with zero attached hydrogens (tertiary/aromatic N) is 2. The number of carbonyl (C=O) groups excluding carboxylic acids is 2. The van der Waals surface area contributed by atoms with Crippen molar-refractivity contribution in [2.45, 2.75) is 115 Å². The molecule has 2 unspecified atom stereocenters. The molecule has 2 amide bonds. The number of nitrogens with one attached hydrogen (secondary N) is 1. The topological polar surface area (TPSA) is 131 Å². The van der Waals surface area contributed by atoms with Gasteiger partial charge in [0.15, 0.2) is 0 Å². The van der Waals surface area contributed by atoms with Gasteiger partial charge < -0.3 is 25.4 Å². The third-order valence-electron chi connectivity index (χ3n) is 10.2. The molecule has 2 saturated heterocycles. The number of nitrogens with two attached hydrogens (primary N) is 1. The van der Waals surface area contributed by atoms with Gasteiger partial charge in [-0.25, -0.2) is 17.6 Å². The minimum absolute atomic E-state index is 0.0108. The van der Waals surface area contributed by atoms with Crippen molar-refractivity contribution in [3.8, 4) is 0 Å². The number of amides is 2. The number of fused-ring (bicyclic) bond motifs is 2. The third-order valence-corrected chi connectivity index (χ3v) is 12.5. The Hall–Kier alpha value is -2.77. The van der Waals surface area contributed by atoms with Crippen molar-refractivity contribution in [3.05, 3.63) is 64.4 Å². The van der Waals surface area contributed by atoms with E-state index in [-0.39, 0.29) is 66.9 Å². The second-order valence-corrected chi connectivity index (χ2v) is 17.3. The first-order valence-corrected chi connectivity index (χ1v) is 19.9. The van der Waals surface area contributed by atoms with E-state index in [1.165, 1.54) is 16.4 Å². The molecule has 1 aliphatic carbocycles. The first-order chi connectivity index (χ1) is 23.7. The maximum absolute atomic E-state index is 15.5. The SMILES string of the molecule is CCOC1CCC([C@H](c2ccc(Cl)cc2)[C@H](N)C(=O)Nc2cccc(F)c2CCC2CN(C(=O)OC(C)(C)C)[C@@H]3CCCS(=O)(=O)N2C3)CC1. The Morgan fingerprint density at radius 1 is 1.06 bits per heavy atom. The van der Waals surface area contributed by atoms with Crippen LogP contribution in [-0.2, 0) is 30.7 Å². The van der Waals surface area contributed by atoms with Gasteiger partial charge in [0.25, 0.3) is 0 Å². The van der Waals surface area contributed by atoms with Crippen molar-refractivity contribution in [2.75, 3.05) is 30.8 Å². The summed E-state index contributed by atoms with van der Waals surface area (Å²) in [6.07, 6.45) is 4.52. The highest BCUT2D eigenvalue weighted by atomic mass is 35.5. The maximum Gasteiger partial charge on any atom is 0.410 e. The van der Waals surface area contributed by atoms with E-state index in [9.17, 15) is 18.0 Å². The van der Waals surface area contributed by atoms with Gasteiger partial charge >= 0.3 is 6.09 Å². The summed E-state index contributed by atoms with van der Waals surface area (Å²) < 4.78 is 55.2. The highest BCUT2D eigenvalue weighted by Gasteiger charge is 2.44. The number of carbonyl (C=O) groups is 2. The lowest BCUT2D eigenvalue weighted by molar-refractivity contribution is -0.118. The van der Waals surface area contributed by atoms with E-state index in [0.29, 0.717) is 24.5 Å². The molecule has 2 heterocycles. The number of halogens is 2. The van der Waals surface area contributed by atoms with Crippen molar-refractivity contribution < 1.29 is 31.9 Å². The zero-order chi connectivity index (χ0) is 36.2. The van der Waals surface area contributed by atoms with Crippen LogP contribution in [0.1, 0.15) is 89.7 Å². The molecule has 276 valence electrons. The summed E-state index contributed by atoms with van der Waals surface area (Å²) in [5, 5.41) is 3.51. The van der Waals surface area contributed by atoms with Gasteiger partial charge in [0.2, 0.25) is 15.9 Å². The van der Waals surface area contributed by atoms with Crippen molar-refractivity contribution >= 4 is 39.3 Å². The summed E-state index contributed by atoms with van der Waals surface area (Å²) in [4.78, 5) is 28.8. The third kappa shape index (κ3) is 9.36. The van der Waals surface area contributed by atoms with E-state index < -0.39 is 45.5 Å². The zero-order valence-corrected chi connectivity index (χ0v) is 31.1. The van der Waals surface area contributed by atoms with Crippen LogP contribution >= 0.6 is 11.6 Å². The number of piperazine rings is 1. The highest BCUT2D eigenvalue weighted by molar-refractivity contribution is 7.89. The van der Waals surface area contributed by atoms with Gasteiger partial charge in [0.05, 0.1) is 17.9 Å². The summed E-state index contributed by atoms with van der Waals surface area (Å²) in [5.74, 6) is -1.12. The molecule has 2 aliphatic heterocycles. The Morgan fingerprint density at radius 3 is 2.42 bits per heavy atom. The van der Waals surface area contributed by atoms with Gasteiger partial charge in [-0.05, 0) is 115 Å². The van der Waals surface area contributed by atoms with Gasteiger partial charge in [-0.3, -0.25) is 4.79 Å². The van der Waals surface area contributed by atoms with Crippen LogP contribution in [0.3, 0.4) is 0 Å². The minimum atomic E-state index is -3.58. The molecular weight excluding hydrogens is 683 g/mol. The first kappa shape index (κ1) is 38.5. The fourth-order valence-electron chi connectivity index (χ4n) is 7.84. The number of rotatable bonds is 10. The monoisotopic (exact) mass is 734 g/mol. The molecule has 1 saturated carbocycles. The molecule has 0 spiro atoms. The molecule has 5 rings (SSSR count). The van der Waals surface area contributed by atoms with E-state index in [2.05, 4.69) is 5.32 Å². The van der Waals surface area contributed by atoms with Gasteiger partial charge in [-0.1, -0.05) is 29.8 Å². The Balaban J connectivity index is 1.34. The lowest BCUT2D eigenvalue weighted by Gasteiger charge is -2.44. The molecular formula is C37H52ClFN4O6S. The first-order valence-electron chi connectivity index (χ1n) is 17.9. The average molecular weight is 735 g/mol. The number of hydrogen-bond acceptors (Lipinski definition) is 7. The molecule has 0 radical (unpaired) electrons. The number of sulfonamides is 1. The van der Waals surface area contributed by atoms with Crippen LogP contribution in [0.4, 0.5) is 14.9 Å². The predicted molar refractivity (Wildman–Crippen MR) is 193 cm³/mol. The summed E-state index contributed by atoms with van der Waals surface area (Å²) in [7, 11) is -3.58. The Kier molecular flexibility index (Phi) is 12.5. The maximum atomic E-state index is 15.5. The lowest BCUT2D eigenvalue weighted by Crippen LogP contribution is -2.60. The molecule has 10 nitrogen and oxygen atoms in total. The molecule has 13 heteroatoms. The highest BCUT2D eigenvalue weighted by Crippen LogP contribution is 2.39. The molecule has 2 bridgehead atoms. The Bertz CT molecular complexity index is 1600. The number of anilines is 1. The van der Waals surface area contributed by atoms with Gasteiger partial charge in [0.1, 0.15) is 11.4 Å². The van der Waals surface area contributed by atoms with Crippen molar-refractivity contribution in [1.29, 1.82) is 0 Å². The summed E-state index contributed by atoms with van der Waals surface area (Å²) in [5.41, 5.74) is 7.53. The van der Waals surface area contributed by atoms with Crippen LogP contribution in [0.2, 0.25) is 5.02 Å². The second kappa shape index (κ2) is 16.3. The zero-order valence-electron chi connectivity index (χ0n) is 29.6. The fraction of sp³-hybridized carbons (Fsp3) is 0.622. The van der Waals surface area contributed by atoms with E-state index in [1.807, 2.05) is 19.1 Å². The predicted octanol–water partition coefficient (Wildman–Crippen LogP) is 6.47. The summed E-state index contributed by atoms with van der Waals surface area (Å²) in [6, 6.07) is 10.1. The molecule has 3 aliphatic rings. The quantitative estimate of drug-likeness (QED) is 0.286. The molecule has 2 aromatic carbocycles. The van der Waals surface area contributed by atoms with Crippen molar-refractivity contribution in [1.82, 2.24) is 9.21 Å². The molecule has 3 N–H and O–H groups in total. The van der Waals surface area contributed by atoms with Crippen LogP contribution in [0.15, 0.2) is 42.5 Å². The standard InChI is InChI=1S/C37H52ClFN4O6S/c1-5-48-29-18-13-25(14-19-29)33(24-11-15-26(38)16-12-24)34(40)35(44)41-32-10-6-9-31(39)30(32)20-17-28-22-42(36(45)49-37(2,3)4)27-8-7-21-50(46,47)43(28)23-27/h6,9-12,15-16,25,27-29,33-34H,5,7-8,13-14,17-23,40H2,1-4H3,(H,41,44)/t25?,27-,28?,29?,33+,34+/m1/s1. The summed E-state index contributed by atoms with van der Waals surface area (Å²) >= 11 is 6.20. The molecule has 0 aromatic heterocycles. The number of ether oxygens (including phenoxy) is 2. The van der Waals surface area contributed by atoms with Crippen LogP contribution < -0.4 is 11.1 Å². The van der Waals surface area contributed by atoms with Crippen molar-refractivity contribution in [3.63, 3.8) is 0 Å². The Labute approximate surface area is 301 Å². The Morgan fingerprint density at radius 2 is 1.76 bits per heavy atom. The second-order valence-electron chi connectivity index (χ2n) is 14.9. The molecule has 3 fully saturated rings. The minimum Gasteiger partial charge on any atom is -0.444 e. The molecule has 50 heavy (non-hydrogen) atoms. The van der Waals surface area contributed by atoms with Crippen LogP contribution in [0, 0.1) is 11.7 Å². The lowest BCUT2D eigenvalue weighted by atomic mass is 9.72. The summed E-state index contributed by atoms with van der Waals surface area (Å²) in [6.45, 7) is 8.32. The van der Waals surface area contributed by atoms with Crippen LogP contribution in [0.5, 0.6) is 0 Å². The largest absolute Gasteiger partial charge is 0.444 e. The number of hydrogen-bond donors (Lipinski definition) is 2. The fourth-order valence-corrected chi connectivity index (χ4v) is 9.75. The van der Waals surface area contributed by atoms with E-state index in [4.69, 9.17) is 26.8 Å². The van der Waals surface area contributed by atoms with E-state index >= 15 is 4.39 Å². The van der Waals surface area contributed by atoms with Crippen LogP contribution in [-0.4, -0.2) is 84.9 Å². The van der Waals surface area contributed by atoms with Gasteiger partial charge in [-0.2, -0.15) is 4.31 Å². The van der Waals surface area contributed by atoms with Crippen molar-refractivity contribution in [2.24, 2.45) is 11.7 Å². The smallest absolute Gasteiger partial charge is 0.410 e. The van der Waals surface area contributed by atoms with E-state index in [0.717, 1.165) is 31.2 Å².